The average Bonchev–Trinajstić information content (AvgIpc) is 2.10. The van der Waals surface area contributed by atoms with Gasteiger partial charge in [-0.05, 0) is 33.1 Å². The van der Waals surface area contributed by atoms with Crippen molar-refractivity contribution < 1.29 is 0 Å². The normalized spacial score (nSPS) is 10.6. The van der Waals surface area contributed by atoms with Gasteiger partial charge in [0.15, 0.2) is 0 Å². The van der Waals surface area contributed by atoms with E-state index in [4.69, 9.17) is 0 Å². The first kappa shape index (κ1) is 11.1. The fourth-order valence-corrected chi connectivity index (χ4v) is 1.14. The van der Waals surface area contributed by atoms with Gasteiger partial charge in [0.2, 0.25) is 0 Å². The van der Waals surface area contributed by atoms with Crippen LogP contribution in [0.5, 0.6) is 0 Å². The summed E-state index contributed by atoms with van der Waals surface area (Å²) in [5.41, 5.74) is 0. The standard InChI is InChI=1S/C12H18/c1-4-7-8-9-11-12(6-3)10-5-2/h12H,6,8-9,11H2,1-3H3. The van der Waals surface area contributed by atoms with Gasteiger partial charge in [-0.1, -0.05) is 6.92 Å². The summed E-state index contributed by atoms with van der Waals surface area (Å²) in [5.74, 6) is 12.8. The third kappa shape index (κ3) is 5.87. The van der Waals surface area contributed by atoms with E-state index in [2.05, 4.69) is 30.6 Å². The maximum absolute atomic E-state index is 3.21. The number of hydrogen-bond donors (Lipinski definition) is 0. The molecule has 0 rings (SSSR count). The van der Waals surface area contributed by atoms with E-state index in [0.717, 1.165) is 6.42 Å². The zero-order valence-corrected chi connectivity index (χ0v) is 8.41. The highest BCUT2D eigenvalue weighted by atomic mass is 14.0. The largest absolute Gasteiger partial charge is 0.107 e. The summed E-state index contributed by atoms with van der Waals surface area (Å²) < 4.78 is 0. The second-order valence-corrected chi connectivity index (χ2v) is 2.82. The van der Waals surface area contributed by atoms with Crippen LogP contribution < -0.4 is 0 Å². The fourth-order valence-electron chi connectivity index (χ4n) is 1.14. The molecule has 0 aliphatic carbocycles. The van der Waals surface area contributed by atoms with Gasteiger partial charge in [0, 0.05) is 12.3 Å². The third-order valence-electron chi connectivity index (χ3n) is 1.87. The van der Waals surface area contributed by atoms with E-state index in [0.29, 0.717) is 5.92 Å². The minimum atomic E-state index is 0.591. The van der Waals surface area contributed by atoms with Crippen molar-refractivity contribution >= 4 is 0 Å². The van der Waals surface area contributed by atoms with Gasteiger partial charge < -0.3 is 0 Å². The molecule has 0 spiro atoms. The number of hydrogen-bond acceptors (Lipinski definition) is 0. The van der Waals surface area contributed by atoms with E-state index in [-0.39, 0.29) is 0 Å². The van der Waals surface area contributed by atoms with E-state index in [1.54, 1.807) is 0 Å². The molecule has 0 aliphatic heterocycles. The topological polar surface area (TPSA) is 0 Å². The Morgan fingerprint density at radius 2 is 1.92 bits per heavy atom. The molecule has 0 radical (unpaired) electrons. The zero-order chi connectivity index (χ0) is 9.23. The third-order valence-corrected chi connectivity index (χ3v) is 1.87. The first-order chi connectivity index (χ1) is 5.85. The van der Waals surface area contributed by atoms with Gasteiger partial charge in [-0.15, -0.1) is 23.7 Å². The van der Waals surface area contributed by atoms with E-state index >= 15 is 0 Å². The summed E-state index contributed by atoms with van der Waals surface area (Å²) in [6, 6.07) is 0. The second-order valence-electron chi connectivity index (χ2n) is 2.82. The predicted octanol–water partition coefficient (Wildman–Crippen LogP) is 3.23. The van der Waals surface area contributed by atoms with Gasteiger partial charge in [0.05, 0.1) is 0 Å². The number of unbranched alkanes of at least 4 members (excludes halogenated alkanes) is 1. The molecule has 0 nitrogen and oxygen atoms in total. The number of rotatable bonds is 4. The van der Waals surface area contributed by atoms with Crippen molar-refractivity contribution in [1.82, 2.24) is 0 Å². The van der Waals surface area contributed by atoms with Crippen LogP contribution in [0.15, 0.2) is 0 Å². The smallest absolute Gasteiger partial charge is 0.0200 e. The molecule has 0 amide bonds. The minimum Gasteiger partial charge on any atom is -0.107 e. The molecule has 0 saturated heterocycles. The van der Waals surface area contributed by atoms with E-state index in [1.807, 2.05) is 13.8 Å². The van der Waals surface area contributed by atoms with Crippen LogP contribution in [0.4, 0.5) is 0 Å². The van der Waals surface area contributed by atoms with Crippen LogP contribution in [-0.4, -0.2) is 0 Å². The molecule has 0 aromatic heterocycles. The van der Waals surface area contributed by atoms with Crippen LogP contribution >= 0.6 is 0 Å². The monoisotopic (exact) mass is 162 g/mol. The first-order valence-electron chi connectivity index (χ1n) is 4.67. The molecule has 0 saturated carbocycles. The summed E-state index contributed by atoms with van der Waals surface area (Å²) in [6.07, 6.45) is 4.58. The Bertz CT molecular complexity index is 204. The molecule has 0 heteroatoms. The molecule has 0 heterocycles. The Balaban J connectivity index is 3.53. The van der Waals surface area contributed by atoms with Crippen molar-refractivity contribution in [3.8, 4) is 23.7 Å². The Labute approximate surface area is 76.8 Å². The van der Waals surface area contributed by atoms with E-state index in [9.17, 15) is 0 Å². The van der Waals surface area contributed by atoms with Gasteiger partial charge in [-0.25, -0.2) is 0 Å². The van der Waals surface area contributed by atoms with Gasteiger partial charge in [-0.3, -0.25) is 0 Å². The molecule has 0 aromatic rings. The Morgan fingerprint density at radius 3 is 2.42 bits per heavy atom. The maximum Gasteiger partial charge on any atom is 0.0200 e. The highest BCUT2D eigenvalue weighted by Crippen LogP contribution is 2.10. The van der Waals surface area contributed by atoms with Crippen LogP contribution in [0, 0.1) is 29.6 Å². The van der Waals surface area contributed by atoms with Crippen LogP contribution in [-0.2, 0) is 0 Å². The second kappa shape index (κ2) is 8.22. The molecule has 66 valence electrons. The van der Waals surface area contributed by atoms with Crippen LogP contribution in [0.25, 0.3) is 0 Å². The lowest BCUT2D eigenvalue weighted by molar-refractivity contribution is 0.568. The van der Waals surface area contributed by atoms with Gasteiger partial charge >= 0.3 is 0 Å². The van der Waals surface area contributed by atoms with Crippen LogP contribution in [0.3, 0.4) is 0 Å². The first-order valence-corrected chi connectivity index (χ1v) is 4.67. The zero-order valence-electron chi connectivity index (χ0n) is 8.41. The van der Waals surface area contributed by atoms with E-state index < -0.39 is 0 Å². The quantitative estimate of drug-likeness (QED) is 0.440. The SMILES string of the molecule is CC#CCCCC(C#CC)CC. The Hall–Kier alpha value is -0.880. The lowest BCUT2D eigenvalue weighted by Gasteiger charge is -2.04. The fraction of sp³-hybridized carbons (Fsp3) is 0.667. The minimum absolute atomic E-state index is 0.591. The molecule has 0 aliphatic rings. The molecule has 0 bridgehead atoms. The van der Waals surface area contributed by atoms with Crippen LogP contribution in [0.2, 0.25) is 0 Å². The van der Waals surface area contributed by atoms with Crippen molar-refractivity contribution in [2.75, 3.05) is 0 Å². The van der Waals surface area contributed by atoms with Crippen molar-refractivity contribution in [3.63, 3.8) is 0 Å². The van der Waals surface area contributed by atoms with E-state index in [1.165, 1.54) is 19.3 Å². The highest BCUT2D eigenvalue weighted by molar-refractivity contribution is 5.01. The molecule has 0 aromatic carbocycles. The molecular formula is C12H18. The van der Waals surface area contributed by atoms with Gasteiger partial charge in [0.1, 0.15) is 0 Å². The predicted molar refractivity (Wildman–Crippen MR) is 54.5 cm³/mol. The van der Waals surface area contributed by atoms with Crippen molar-refractivity contribution in [1.29, 1.82) is 0 Å². The summed E-state index contributed by atoms with van der Waals surface area (Å²) >= 11 is 0. The molecule has 0 fully saturated rings. The molecule has 0 N–H and O–H groups in total. The summed E-state index contributed by atoms with van der Waals surface area (Å²) in [4.78, 5) is 0. The van der Waals surface area contributed by atoms with Gasteiger partial charge in [0.25, 0.3) is 0 Å². The maximum atomic E-state index is 3.21. The van der Waals surface area contributed by atoms with Crippen molar-refractivity contribution in [3.05, 3.63) is 0 Å². The van der Waals surface area contributed by atoms with Crippen molar-refractivity contribution in [2.24, 2.45) is 5.92 Å². The molecule has 1 atom stereocenters. The summed E-state index contributed by atoms with van der Waals surface area (Å²) in [5, 5.41) is 0. The molecule has 12 heavy (non-hydrogen) atoms. The lowest BCUT2D eigenvalue weighted by atomic mass is 10.00. The van der Waals surface area contributed by atoms with Gasteiger partial charge in [-0.2, -0.15) is 0 Å². The summed E-state index contributed by atoms with van der Waals surface area (Å²) in [7, 11) is 0. The van der Waals surface area contributed by atoms with Crippen molar-refractivity contribution in [2.45, 2.75) is 46.5 Å². The molecule has 1 unspecified atom stereocenters. The summed E-state index contributed by atoms with van der Waals surface area (Å²) in [6.45, 7) is 6.00. The van der Waals surface area contributed by atoms with Crippen LogP contribution in [0.1, 0.15) is 46.5 Å². The molecular weight excluding hydrogens is 144 g/mol. The Kier molecular flexibility index (Phi) is 7.62. The highest BCUT2D eigenvalue weighted by Gasteiger charge is 1.99. The average molecular weight is 162 g/mol. The lowest BCUT2D eigenvalue weighted by Crippen LogP contribution is -1.94. The Morgan fingerprint density at radius 1 is 1.17 bits per heavy atom.